The zero-order valence-corrected chi connectivity index (χ0v) is 10.9. The van der Waals surface area contributed by atoms with E-state index in [2.05, 4.69) is 5.32 Å². The molecule has 1 aliphatic carbocycles. The van der Waals surface area contributed by atoms with Gasteiger partial charge < -0.3 is 10.2 Å². The lowest BCUT2D eigenvalue weighted by Crippen LogP contribution is -2.38. The van der Waals surface area contributed by atoms with Gasteiger partial charge in [0.2, 0.25) is 5.91 Å². The molecule has 3 nitrogen and oxygen atoms in total. The Labute approximate surface area is 107 Å². The Morgan fingerprint density at radius 1 is 1.39 bits per heavy atom. The highest BCUT2D eigenvalue weighted by Crippen LogP contribution is 2.48. The second-order valence-electron chi connectivity index (χ2n) is 5.27. The van der Waals surface area contributed by atoms with Gasteiger partial charge in [0.1, 0.15) is 5.82 Å². The summed E-state index contributed by atoms with van der Waals surface area (Å²) < 4.78 is 13.7. The summed E-state index contributed by atoms with van der Waals surface area (Å²) in [7, 11) is 3.70. The van der Waals surface area contributed by atoms with Crippen molar-refractivity contribution >= 4 is 5.91 Å². The molecule has 4 heteroatoms. The lowest BCUT2D eigenvalue weighted by molar-refractivity contribution is -0.121. The first-order chi connectivity index (χ1) is 8.53. The minimum Gasteiger partial charge on any atom is -0.354 e. The summed E-state index contributed by atoms with van der Waals surface area (Å²) in [5.74, 6) is -0.181. The first-order valence-corrected chi connectivity index (χ1v) is 6.20. The van der Waals surface area contributed by atoms with E-state index in [1.165, 1.54) is 6.07 Å². The van der Waals surface area contributed by atoms with Gasteiger partial charge in [0, 0.05) is 12.0 Å². The van der Waals surface area contributed by atoms with Crippen LogP contribution in [-0.2, 0) is 10.2 Å². The number of amides is 1. The molecule has 2 rings (SSSR count). The Hall–Kier alpha value is -1.42. The van der Waals surface area contributed by atoms with Crippen molar-refractivity contribution in [3.63, 3.8) is 0 Å². The van der Waals surface area contributed by atoms with Gasteiger partial charge >= 0.3 is 0 Å². The van der Waals surface area contributed by atoms with Crippen LogP contribution in [0.15, 0.2) is 24.3 Å². The van der Waals surface area contributed by atoms with Crippen LogP contribution in [0, 0.1) is 5.82 Å². The average Bonchev–Trinajstić information content (AvgIpc) is 3.07. The van der Waals surface area contributed by atoms with Crippen LogP contribution in [0.5, 0.6) is 0 Å². The fraction of sp³-hybridized carbons (Fsp3) is 0.500. The van der Waals surface area contributed by atoms with E-state index in [1.807, 2.05) is 31.1 Å². The smallest absolute Gasteiger partial charge is 0.234 e. The van der Waals surface area contributed by atoms with Crippen molar-refractivity contribution in [2.24, 2.45) is 0 Å². The highest BCUT2D eigenvalue weighted by Gasteiger charge is 2.45. The number of halogens is 1. The zero-order chi connectivity index (χ0) is 13.2. The molecule has 1 saturated carbocycles. The maximum absolute atomic E-state index is 13.7. The van der Waals surface area contributed by atoms with Gasteiger partial charge in [0.15, 0.2) is 0 Å². The number of carbonyl (C=O) groups is 1. The molecule has 18 heavy (non-hydrogen) atoms. The van der Waals surface area contributed by atoms with Crippen LogP contribution in [-0.4, -0.2) is 38.0 Å². The predicted molar refractivity (Wildman–Crippen MR) is 68.9 cm³/mol. The summed E-state index contributed by atoms with van der Waals surface area (Å²) in [6, 6.07) is 6.84. The van der Waals surface area contributed by atoms with Crippen molar-refractivity contribution < 1.29 is 9.18 Å². The maximum Gasteiger partial charge on any atom is 0.234 e. The van der Waals surface area contributed by atoms with Crippen molar-refractivity contribution in [3.05, 3.63) is 35.6 Å². The second kappa shape index (κ2) is 5.06. The number of carbonyl (C=O) groups excluding carboxylic acids is 1. The van der Waals surface area contributed by atoms with Crippen LogP contribution in [0.2, 0.25) is 0 Å². The minimum absolute atomic E-state index is 0.0115. The summed E-state index contributed by atoms with van der Waals surface area (Å²) in [6.07, 6.45) is 1.88. The average molecular weight is 250 g/mol. The fourth-order valence-corrected chi connectivity index (χ4v) is 2.19. The largest absolute Gasteiger partial charge is 0.354 e. The topological polar surface area (TPSA) is 32.3 Å². The quantitative estimate of drug-likeness (QED) is 0.859. The minimum atomic E-state index is -0.173. The highest BCUT2D eigenvalue weighted by molar-refractivity contribution is 5.78. The molecule has 1 amide bonds. The van der Waals surface area contributed by atoms with Crippen molar-refractivity contribution in [3.8, 4) is 0 Å². The van der Waals surface area contributed by atoms with Crippen molar-refractivity contribution in [2.45, 2.75) is 18.3 Å². The molecule has 0 radical (unpaired) electrons. The summed E-state index contributed by atoms with van der Waals surface area (Å²) in [5.41, 5.74) is 0.558. The number of benzene rings is 1. The van der Waals surface area contributed by atoms with Crippen molar-refractivity contribution in [2.75, 3.05) is 27.2 Å². The van der Waals surface area contributed by atoms with E-state index in [4.69, 9.17) is 0 Å². The zero-order valence-electron chi connectivity index (χ0n) is 10.9. The van der Waals surface area contributed by atoms with E-state index in [-0.39, 0.29) is 17.1 Å². The predicted octanol–water partition coefficient (Wildman–Crippen LogP) is 1.54. The number of hydrogen-bond donors (Lipinski definition) is 1. The van der Waals surface area contributed by atoms with Crippen LogP contribution >= 0.6 is 0 Å². The SMILES string of the molecule is CN(C)CC(=O)NCC1(c2ccccc2F)CC1. The molecule has 98 valence electrons. The van der Waals surface area contributed by atoms with Gasteiger partial charge in [0.05, 0.1) is 6.54 Å². The standard InChI is InChI=1S/C14H19FN2O/c1-17(2)9-13(18)16-10-14(7-8-14)11-5-3-4-6-12(11)15/h3-6H,7-10H2,1-2H3,(H,16,18). The molecule has 0 bridgehead atoms. The number of likely N-dealkylation sites (N-methyl/N-ethyl adjacent to an activating group) is 1. The molecule has 1 aliphatic rings. The van der Waals surface area contributed by atoms with Gasteiger partial charge in [-0.2, -0.15) is 0 Å². The monoisotopic (exact) mass is 250 g/mol. The van der Waals surface area contributed by atoms with E-state index in [0.29, 0.717) is 13.1 Å². The lowest BCUT2D eigenvalue weighted by Gasteiger charge is -2.18. The summed E-state index contributed by atoms with van der Waals surface area (Å²) in [5, 5.41) is 2.90. The molecule has 1 N–H and O–H groups in total. The summed E-state index contributed by atoms with van der Waals surface area (Å²) in [4.78, 5) is 13.4. The van der Waals surface area contributed by atoms with Crippen LogP contribution in [0.25, 0.3) is 0 Å². The maximum atomic E-state index is 13.7. The van der Waals surface area contributed by atoms with Crippen LogP contribution in [0.3, 0.4) is 0 Å². The number of hydrogen-bond acceptors (Lipinski definition) is 2. The van der Waals surface area contributed by atoms with Gasteiger partial charge in [-0.15, -0.1) is 0 Å². The molecule has 1 fully saturated rings. The van der Waals surface area contributed by atoms with Crippen LogP contribution in [0.4, 0.5) is 4.39 Å². The van der Waals surface area contributed by atoms with E-state index in [1.54, 1.807) is 6.07 Å². The van der Waals surface area contributed by atoms with Crippen molar-refractivity contribution in [1.82, 2.24) is 10.2 Å². The van der Waals surface area contributed by atoms with Gasteiger partial charge in [-0.3, -0.25) is 4.79 Å². The Balaban J connectivity index is 1.97. The molecular formula is C14H19FN2O. The second-order valence-corrected chi connectivity index (χ2v) is 5.27. The Morgan fingerprint density at radius 2 is 2.06 bits per heavy atom. The lowest BCUT2D eigenvalue weighted by atomic mass is 9.95. The van der Waals surface area contributed by atoms with Crippen molar-refractivity contribution in [1.29, 1.82) is 0 Å². The summed E-state index contributed by atoms with van der Waals surface area (Å²) >= 11 is 0. The molecule has 0 heterocycles. The molecule has 0 aromatic heterocycles. The molecule has 1 aromatic carbocycles. The Morgan fingerprint density at radius 3 is 2.61 bits per heavy atom. The van der Waals surface area contributed by atoms with Crippen LogP contribution < -0.4 is 5.32 Å². The first-order valence-electron chi connectivity index (χ1n) is 6.20. The van der Waals surface area contributed by atoms with Gasteiger partial charge in [0.25, 0.3) is 0 Å². The molecule has 1 aromatic rings. The van der Waals surface area contributed by atoms with E-state index >= 15 is 0 Å². The molecule has 0 spiro atoms. The third-order valence-corrected chi connectivity index (χ3v) is 3.38. The van der Waals surface area contributed by atoms with E-state index in [9.17, 15) is 9.18 Å². The first kappa shape index (κ1) is 13.0. The molecular weight excluding hydrogens is 231 g/mol. The molecule has 0 aliphatic heterocycles. The Bertz CT molecular complexity index is 441. The van der Waals surface area contributed by atoms with Gasteiger partial charge in [-0.1, -0.05) is 18.2 Å². The van der Waals surface area contributed by atoms with Gasteiger partial charge in [-0.05, 0) is 38.6 Å². The number of nitrogens with zero attached hydrogens (tertiary/aromatic N) is 1. The Kier molecular flexibility index (Phi) is 3.66. The molecule has 0 atom stereocenters. The highest BCUT2D eigenvalue weighted by atomic mass is 19.1. The third kappa shape index (κ3) is 2.88. The third-order valence-electron chi connectivity index (χ3n) is 3.38. The van der Waals surface area contributed by atoms with Crippen LogP contribution in [0.1, 0.15) is 18.4 Å². The fourth-order valence-electron chi connectivity index (χ4n) is 2.19. The normalized spacial score (nSPS) is 16.7. The van der Waals surface area contributed by atoms with E-state index in [0.717, 1.165) is 18.4 Å². The van der Waals surface area contributed by atoms with Gasteiger partial charge in [-0.25, -0.2) is 4.39 Å². The molecule has 0 saturated heterocycles. The molecule has 0 unspecified atom stereocenters. The number of rotatable bonds is 5. The van der Waals surface area contributed by atoms with E-state index < -0.39 is 0 Å². The number of nitrogens with one attached hydrogen (secondary N) is 1. The summed E-state index contributed by atoms with van der Waals surface area (Å²) in [6.45, 7) is 0.897.